The van der Waals surface area contributed by atoms with Crippen molar-refractivity contribution in [2.45, 2.75) is 148 Å². The first-order valence-corrected chi connectivity index (χ1v) is 38.8. The molecule has 0 spiro atoms. The first-order chi connectivity index (χ1) is 55.1. The number of pyridine rings is 4. The van der Waals surface area contributed by atoms with Crippen molar-refractivity contribution in [3.8, 4) is 23.0 Å². The second-order valence-electron chi connectivity index (χ2n) is 29.4. The quantitative estimate of drug-likeness (QED) is 0.0450. The number of imidazole rings is 1. The van der Waals surface area contributed by atoms with Gasteiger partial charge in [0.2, 0.25) is 0 Å². The molecule has 13 aromatic rings. The van der Waals surface area contributed by atoms with Crippen molar-refractivity contribution >= 4 is 46.1 Å². The second kappa shape index (κ2) is 38.6. The molecule has 0 aliphatic heterocycles. The molecule has 0 atom stereocenters. The fourth-order valence-electron chi connectivity index (χ4n) is 14.3. The zero-order chi connectivity index (χ0) is 78.3. The average Bonchev–Trinajstić information content (AvgIpc) is 1.75. The number of rotatable bonds is 25. The van der Waals surface area contributed by atoms with Gasteiger partial charge >= 0.3 is 0 Å². The number of aromatic nitrogens is 11. The van der Waals surface area contributed by atoms with E-state index in [1.54, 1.807) is 123 Å². The lowest BCUT2D eigenvalue weighted by molar-refractivity contribution is 0.0909. The first kappa shape index (κ1) is 78.8. The highest BCUT2D eigenvalue weighted by atomic mass is 19.1. The van der Waals surface area contributed by atoms with Gasteiger partial charge in [-0.1, -0.05) is 100 Å². The molecule has 5 aromatic carbocycles. The number of ketones is 1. The number of fused-ring (bicyclic) bond motifs is 4. The molecule has 3 N–H and O–H groups in total. The van der Waals surface area contributed by atoms with Gasteiger partial charge in [-0.15, -0.1) is 30.6 Å². The van der Waals surface area contributed by atoms with Gasteiger partial charge in [-0.3, -0.25) is 32.4 Å². The molecule has 3 aliphatic rings. The van der Waals surface area contributed by atoms with Gasteiger partial charge < -0.3 is 39.3 Å². The van der Waals surface area contributed by atoms with Crippen molar-refractivity contribution in [2.24, 2.45) is 17.8 Å². The Morgan fingerprint density at radius 1 is 0.442 bits per heavy atom. The smallest absolute Gasteiger partial charge is 0.255 e. The summed E-state index contributed by atoms with van der Waals surface area (Å²) in [5, 5.41) is 32.4. The van der Waals surface area contributed by atoms with Gasteiger partial charge in [0.25, 0.3) is 17.7 Å². The number of halogens is 3. The van der Waals surface area contributed by atoms with Crippen LogP contribution in [0.4, 0.5) is 13.2 Å². The van der Waals surface area contributed by atoms with Crippen LogP contribution in [0, 0.1) is 35.2 Å². The van der Waals surface area contributed by atoms with Gasteiger partial charge in [-0.25, -0.2) is 18.2 Å². The van der Waals surface area contributed by atoms with E-state index < -0.39 is 11.4 Å². The third-order valence-corrected chi connectivity index (χ3v) is 20.8. The third-order valence-electron chi connectivity index (χ3n) is 20.8. The summed E-state index contributed by atoms with van der Waals surface area (Å²) in [5.41, 5.74) is 6.84. The zero-order valence-corrected chi connectivity index (χ0v) is 63.5. The van der Waals surface area contributed by atoms with E-state index >= 15 is 0 Å². The number of carbonyl (C=O) groups is 4. The van der Waals surface area contributed by atoms with Crippen LogP contribution in [0.5, 0.6) is 23.0 Å². The fraction of sp³-hybridized carbons (Fsp3) is 0.330. The Morgan fingerprint density at radius 3 is 1.50 bits per heavy atom. The van der Waals surface area contributed by atoms with Crippen LogP contribution in [0.25, 0.3) is 22.6 Å². The molecular formula is C88H93F3N14O8. The van der Waals surface area contributed by atoms with E-state index in [1.807, 2.05) is 91.3 Å². The van der Waals surface area contributed by atoms with Crippen LogP contribution < -0.4 is 34.9 Å². The van der Waals surface area contributed by atoms with Crippen molar-refractivity contribution in [2.75, 3.05) is 19.8 Å². The molecule has 0 radical (unpaired) electrons. The number of aryl methyl sites for hydroxylation is 1. The van der Waals surface area contributed by atoms with E-state index in [0.29, 0.717) is 104 Å². The van der Waals surface area contributed by atoms with Crippen LogP contribution in [0.15, 0.2) is 214 Å². The number of benzene rings is 5. The summed E-state index contributed by atoms with van der Waals surface area (Å²) in [7, 11) is 0. The Morgan fingerprint density at radius 2 is 0.929 bits per heavy atom. The molecule has 3 aliphatic carbocycles. The van der Waals surface area contributed by atoms with Crippen LogP contribution in [-0.2, 0) is 31.7 Å². The number of carbonyl (C=O) groups excluding carboxylic acids is 4. The number of amides is 3. The van der Waals surface area contributed by atoms with Gasteiger partial charge in [0, 0.05) is 73.4 Å². The normalized spacial score (nSPS) is 14.0. The molecule has 22 nitrogen and oxygen atoms in total. The van der Waals surface area contributed by atoms with E-state index in [9.17, 15) is 32.3 Å². The van der Waals surface area contributed by atoms with Gasteiger partial charge in [-0.05, 0) is 208 Å². The van der Waals surface area contributed by atoms with Crippen molar-refractivity contribution < 1.29 is 51.3 Å². The van der Waals surface area contributed by atoms with Crippen molar-refractivity contribution in [3.63, 3.8) is 0 Å². The molecule has 8 heterocycles. The number of nitrogens with zero attached hydrogens (tertiary/aromatic N) is 11. The lowest BCUT2D eigenvalue weighted by atomic mass is 9.90. The third kappa shape index (κ3) is 21.7. The van der Waals surface area contributed by atoms with Gasteiger partial charge in [0.05, 0.1) is 42.0 Å². The van der Waals surface area contributed by atoms with Crippen LogP contribution in [0.3, 0.4) is 0 Å². The predicted molar refractivity (Wildman–Crippen MR) is 422 cm³/mol. The maximum atomic E-state index is 14.2. The molecule has 8 aromatic heterocycles. The summed E-state index contributed by atoms with van der Waals surface area (Å²) >= 11 is 0. The Balaban J connectivity index is 0.000000132. The van der Waals surface area contributed by atoms with Gasteiger partial charge in [0.15, 0.2) is 22.7 Å². The molecule has 25 heteroatoms. The minimum Gasteiger partial charge on any atom is -0.493 e. The maximum absolute atomic E-state index is 14.2. The largest absolute Gasteiger partial charge is 0.493 e. The van der Waals surface area contributed by atoms with Gasteiger partial charge in [0.1, 0.15) is 71.7 Å². The van der Waals surface area contributed by atoms with E-state index in [0.717, 1.165) is 35.8 Å². The number of nitrogens with one attached hydrogen (secondary N) is 3. The van der Waals surface area contributed by atoms with Crippen LogP contribution in [0.1, 0.15) is 186 Å². The van der Waals surface area contributed by atoms with E-state index in [4.69, 9.17) is 18.9 Å². The monoisotopic (exact) mass is 1530 g/mol. The van der Waals surface area contributed by atoms with Gasteiger partial charge in [-0.2, -0.15) is 0 Å². The standard InChI is InChI=1S/C23H18F2N2O2.C23H28N4O2.C21H23FN4O2.C21H24N4O2/c24-20-4-2-1-3-18(20)15-29-19-6-7-21(25)16(13-19)5-8-22(28)17-9-11-27-12-10-26-23(27)14-17;1-23(2,25-22(28)20-12-7-13-27-16-24-26-21(20)27)18-10-6-11-19(14-18)29-15-17-8-4-3-5-9-17;22-19-9-8-17(28-13-15-5-2-1-3-6-15)11-16(19)12-23-21(27)18-7-4-10-26-14-24-25-20(18)26;26-21(19-10-5-11-25-15-23-24-20(19)25)22-13-17-8-4-9-18(12-17)27-14-16-6-2-1-3-7-16/h1-4,6-7,9-14H,5,8,15H2;6-7,10-14,16-17H,3-5,8-9,15H2,1-2H3,(H,25,28);4,7-11,14-15H,1-3,5-6,12-13H2,(H,23,27);4-5,8-12,15-16H,1-3,6-7,13-14H2,(H,22,26). The summed E-state index contributed by atoms with van der Waals surface area (Å²) in [6, 6.07) is 45.3. The van der Waals surface area contributed by atoms with Crippen molar-refractivity contribution in [1.29, 1.82) is 0 Å². The molecule has 3 fully saturated rings. The number of hydrogen-bond acceptors (Lipinski definition) is 15. The summed E-state index contributed by atoms with van der Waals surface area (Å²) < 4.78 is 72.6. The molecule has 0 unspecified atom stereocenters. The minimum atomic E-state index is -0.561. The predicted octanol–water partition coefficient (Wildman–Crippen LogP) is 16.7. The van der Waals surface area contributed by atoms with E-state index in [-0.39, 0.29) is 61.1 Å². The number of Topliss-reactive ketones (excluding diaryl/α,β-unsaturated/α-hetero) is 1. The van der Waals surface area contributed by atoms with E-state index in [1.165, 1.54) is 127 Å². The summed E-state index contributed by atoms with van der Waals surface area (Å²) in [6.07, 6.45) is 34.9. The van der Waals surface area contributed by atoms with Crippen LogP contribution in [-0.4, -0.2) is 96.5 Å². The fourth-order valence-corrected chi connectivity index (χ4v) is 14.3. The minimum absolute atomic E-state index is 0.0427. The van der Waals surface area contributed by atoms with Crippen LogP contribution in [0.2, 0.25) is 0 Å². The maximum Gasteiger partial charge on any atom is 0.255 e. The molecule has 0 saturated heterocycles. The SMILES string of the molecule is CC(C)(NC(=O)c1cccn2cnnc12)c1cccc(OCC2CCCCC2)c1.O=C(CCc1cc(OCc2ccccc2F)ccc1F)c1ccn2ccnc2c1.O=C(NCc1cc(OCC2CCCCC2)ccc1F)c1cccn2cnnc12.O=C(NCc1cccc(OCC2CCCCC2)c1)c1cccn2cnnc12. The number of hydrogen-bond donors (Lipinski definition) is 3. The highest BCUT2D eigenvalue weighted by Gasteiger charge is 2.27. The van der Waals surface area contributed by atoms with Crippen LogP contribution >= 0.6 is 0 Å². The Kier molecular flexibility index (Phi) is 26.9. The Hall–Kier alpha value is -12.3. The molecule has 3 saturated carbocycles. The average molecular weight is 1530 g/mol. The molecule has 584 valence electrons. The summed E-state index contributed by atoms with van der Waals surface area (Å²) in [6.45, 7) is 6.75. The van der Waals surface area contributed by atoms with E-state index in [2.05, 4.69) is 51.5 Å². The zero-order valence-electron chi connectivity index (χ0n) is 63.5. The highest BCUT2D eigenvalue weighted by Crippen LogP contribution is 2.31. The topological polar surface area (TPSA) is 249 Å². The first-order valence-electron chi connectivity index (χ1n) is 38.8. The summed E-state index contributed by atoms with van der Waals surface area (Å²) in [4.78, 5) is 54.6. The summed E-state index contributed by atoms with van der Waals surface area (Å²) in [5.74, 6) is 2.80. The second-order valence-corrected chi connectivity index (χ2v) is 29.4. The molecule has 113 heavy (non-hydrogen) atoms. The lowest BCUT2D eigenvalue weighted by Gasteiger charge is -2.28. The molecule has 16 rings (SSSR count). The molecule has 0 bridgehead atoms. The Bertz CT molecular complexity index is 5350. The number of ether oxygens (including phenoxy) is 4. The molecular weight excluding hydrogens is 1440 g/mol. The Labute approximate surface area is 653 Å². The molecule has 3 amide bonds. The highest BCUT2D eigenvalue weighted by molar-refractivity contribution is 6.01. The van der Waals surface area contributed by atoms with Crippen molar-refractivity contribution in [3.05, 3.63) is 281 Å². The lowest BCUT2D eigenvalue weighted by Crippen LogP contribution is -2.41. The van der Waals surface area contributed by atoms with Crippen molar-refractivity contribution in [1.82, 2.24) is 69.1 Å².